The van der Waals surface area contributed by atoms with Gasteiger partial charge in [0, 0.05) is 13.1 Å². The second kappa shape index (κ2) is 7.51. The van der Waals surface area contributed by atoms with Crippen molar-refractivity contribution < 1.29 is 4.79 Å². The van der Waals surface area contributed by atoms with Gasteiger partial charge in [0.2, 0.25) is 5.91 Å². The maximum Gasteiger partial charge on any atom is 0.239 e. The van der Waals surface area contributed by atoms with Crippen LogP contribution < -0.4 is 5.73 Å². The molecule has 1 heterocycles. The van der Waals surface area contributed by atoms with Crippen LogP contribution >= 0.6 is 12.4 Å². The molecule has 1 atom stereocenters. The summed E-state index contributed by atoms with van der Waals surface area (Å²) in [5, 5.41) is 0. The van der Waals surface area contributed by atoms with Crippen molar-refractivity contribution in [1.82, 2.24) is 4.90 Å². The third-order valence-corrected chi connectivity index (χ3v) is 3.68. The number of nitrogens with zero attached hydrogens (tertiary/aromatic N) is 1. The first kappa shape index (κ1) is 16.0. The van der Waals surface area contributed by atoms with Gasteiger partial charge in [-0.2, -0.15) is 0 Å². The average molecular weight is 283 g/mol. The van der Waals surface area contributed by atoms with Gasteiger partial charge in [0.1, 0.15) is 0 Å². The maximum atomic E-state index is 11.8. The molecule has 106 valence electrons. The van der Waals surface area contributed by atoms with Gasteiger partial charge in [0.15, 0.2) is 0 Å². The van der Waals surface area contributed by atoms with Gasteiger partial charge in [0.25, 0.3) is 0 Å². The lowest BCUT2D eigenvalue weighted by Crippen LogP contribution is -2.46. The molecule has 0 aliphatic carbocycles. The van der Waals surface area contributed by atoms with Gasteiger partial charge in [-0.1, -0.05) is 30.3 Å². The van der Waals surface area contributed by atoms with Crippen LogP contribution in [0.2, 0.25) is 0 Å². The Morgan fingerprint density at radius 1 is 1.32 bits per heavy atom. The van der Waals surface area contributed by atoms with Gasteiger partial charge < -0.3 is 10.6 Å². The van der Waals surface area contributed by atoms with Crippen molar-refractivity contribution >= 4 is 18.3 Å². The normalized spacial score (nSPS) is 17.7. The van der Waals surface area contributed by atoms with Gasteiger partial charge in [-0.25, -0.2) is 0 Å². The summed E-state index contributed by atoms with van der Waals surface area (Å²) in [5.74, 6) is 0.790. The van der Waals surface area contributed by atoms with Crippen LogP contribution in [0.1, 0.15) is 25.3 Å². The second-order valence-corrected chi connectivity index (χ2v) is 5.25. The second-order valence-electron chi connectivity index (χ2n) is 5.25. The van der Waals surface area contributed by atoms with Crippen molar-refractivity contribution in [3.8, 4) is 0 Å². The third kappa shape index (κ3) is 4.51. The van der Waals surface area contributed by atoms with E-state index < -0.39 is 0 Å². The summed E-state index contributed by atoms with van der Waals surface area (Å²) in [6.45, 7) is 3.48. The molecule has 4 heteroatoms. The molecule has 19 heavy (non-hydrogen) atoms. The first-order valence-electron chi connectivity index (χ1n) is 6.75. The van der Waals surface area contributed by atoms with E-state index in [1.165, 1.54) is 5.56 Å². The van der Waals surface area contributed by atoms with E-state index in [2.05, 4.69) is 24.3 Å². The lowest BCUT2D eigenvalue weighted by Gasteiger charge is -2.33. The molecule has 1 aliphatic heterocycles. The molecule has 2 rings (SSSR count). The molecule has 1 amide bonds. The Kier molecular flexibility index (Phi) is 6.32. The Balaban J connectivity index is 0.00000180. The number of rotatable bonds is 3. The predicted octanol–water partition coefficient (Wildman–Crippen LogP) is 2.24. The summed E-state index contributed by atoms with van der Waals surface area (Å²) in [5.41, 5.74) is 7.03. The predicted molar refractivity (Wildman–Crippen MR) is 80.3 cm³/mol. The molecule has 0 saturated carbocycles. The number of halogens is 1. The zero-order chi connectivity index (χ0) is 13.0. The van der Waals surface area contributed by atoms with Crippen molar-refractivity contribution in [2.75, 3.05) is 13.1 Å². The highest BCUT2D eigenvalue weighted by molar-refractivity contribution is 5.85. The van der Waals surface area contributed by atoms with Gasteiger partial charge in [-0.05, 0) is 37.7 Å². The van der Waals surface area contributed by atoms with Crippen LogP contribution in [0.3, 0.4) is 0 Å². The van der Waals surface area contributed by atoms with Crippen LogP contribution in [-0.2, 0) is 11.2 Å². The van der Waals surface area contributed by atoms with E-state index in [9.17, 15) is 4.79 Å². The summed E-state index contributed by atoms with van der Waals surface area (Å²) >= 11 is 0. The molecule has 1 aromatic rings. The number of carbonyl (C=O) groups is 1. The van der Waals surface area contributed by atoms with Gasteiger partial charge in [-0.3, -0.25) is 4.79 Å². The molecule has 0 aromatic heterocycles. The zero-order valence-electron chi connectivity index (χ0n) is 11.4. The highest BCUT2D eigenvalue weighted by Gasteiger charge is 2.24. The van der Waals surface area contributed by atoms with Gasteiger partial charge in [0.05, 0.1) is 6.04 Å². The van der Waals surface area contributed by atoms with Crippen LogP contribution in [0.25, 0.3) is 0 Å². The Bertz CT molecular complexity index is 386. The highest BCUT2D eigenvalue weighted by atomic mass is 35.5. The van der Waals surface area contributed by atoms with Crippen molar-refractivity contribution in [2.24, 2.45) is 11.7 Å². The average Bonchev–Trinajstić information content (AvgIpc) is 2.40. The Labute approximate surface area is 121 Å². The Hall–Kier alpha value is -1.06. The molecular formula is C15H23ClN2O. The van der Waals surface area contributed by atoms with E-state index in [1.807, 2.05) is 11.0 Å². The lowest BCUT2D eigenvalue weighted by molar-refractivity contribution is -0.133. The molecule has 1 aliphatic rings. The van der Waals surface area contributed by atoms with Crippen LogP contribution in [0.4, 0.5) is 0 Å². The number of likely N-dealkylation sites (tertiary alicyclic amines) is 1. The SMILES string of the molecule is C[C@@H](N)C(=O)N1CCC(Cc2ccccc2)CC1.Cl. The molecule has 1 fully saturated rings. The number of carbonyl (C=O) groups excluding carboxylic acids is 1. The Morgan fingerprint density at radius 2 is 1.89 bits per heavy atom. The fourth-order valence-electron chi connectivity index (χ4n) is 2.59. The molecule has 0 unspecified atom stereocenters. The van der Waals surface area contributed by atoms with Crippen LogP contribution in [0.15, 0.2) is 30.3 Å². The first-order valence-corrected chi connectivity index (χ1v) is 6.75. The summed E-state index contributed by atoms with van der Waals surface area (Å²) < 4.78 is 0. The molecule has 0 bridgehead atoms. The van der Waals surface area contributed by atoms with E-state index in [4.69, 9.17) is 5.73 Å². The van der Waals surface area contributed by atoms with E-state index in [0.29, 0.717) is 5.92 Å². The lowest BCUT2D eigenvalue weighted by atomic mass is 9.90. The molecule has 0 radical (unpaired) electrons. The van der Waals surface area contributed by atoms with E-state index >= 15 is 0 Å². The number of nitrogens with two attached hydrogens (primary N) is 1. The van der Waals surface area contributed by atoms with E-state index in [-0.39, 0.29) is 24.4 Å². The molecule has 2 N–H and O–H groups in total. The fourth-order valence-corrected chi connectivity index (χ4v) is 2.59. The van der Waals surface area contributed by atoms with Crippen LogP contribution in [-0.4, -0.2) is 29.9 Å². The molecular weight excluding hydrogens is 260 g/mol. The quantitative estimate of drug-likeness (QED) is 0.924. The van der Waals surface area contributed by atoms with E-state index in [1.54, 1.807) is 6.92 Å². The molecule has 1 aromatic carbocycles. The first-order chi connectivity index (χ1) is 8.66. The minimum atomic E-state index is -0.365. The standard InChI is InChI=1S/C15H22N2O.ClH/c1-12(16)15(18)17-9-7-14(8-10-17)11-13-5-3-2-4-6-13;/h2-6,12,14H,7-11,16H2,1H3;1H/t12-;/m1./s1. The number of amides is 1. The fraction of sp³-hybridized carbons (Fsp3) is 0.533. The largest absolute Gasteiger partial charge is 0.341 e. The number of hydrogen-bond acceptors (Lipinski definition) is 2. The number of piperidine rings is 1. The minimum Gasteiger partial charge on any atom is -0.341 e. The molecule has 0 spiro atoms. The van der Waals surface area contributed by atoms with Crippen molar-refractivity contribution in [2.45, 2.75) is 32.2 Å². The number of hydrogen-bond donors (Lipinski definition) is 1. The van der Waals surface area contributed by atoms with Crippen molar-refractivity contribution in [3.63, 3.8) is 0 Å². The number of benzene rings is 1. The molecule has 3 nitrogen and oxygen atoms in total. The van der Waals surface area contributed by atoms with Crippen molar-refractivity contribution in [1.29, 1.82) is 0 Å². The van der Waals surface area contributed by atoms with Crippen molar-refractivity contribution in [3.05, 3.63) is 35.9 Å². The van der Waals surface area contributed by atoms with E-state index in [0.717, 1.165) is 32.4 Å². The topological polar surface area (TPSA) is 46.3 Å². The molecule has 1 saturated heterocycles. The van der Waals surface area contributed by atoms with Crippen LogP contribution in [0, 0.1) is 5.92 Å². The zero-order valence-corrected chi connectivity index (χ0v) is 12.2. The van der Waals surface area contributed by atoms with Crippen LogP contribution in [0.5, 0.6) is 0 Å². The summed E-state index contributed by atoms with van der Waals surface area (Å²) in [7, 11) is 0. The minimum absolute atomic E-state index is 0. The summed E-state index contributed by atoms with van der Waals surface area (Å²) in [4.78, 5) is 13.7. The third-order valence-electron chi connectivity index (χ3n) is 3.68. The monoisotopic (exact) mass is 282 g/mol. The smallest absolute Gasteiger partial charge is 0.239 e. The summed E-state index contributed by atoms with van der Waals surface area (Å²) in [6, 6.07) is 10.2. The summed E-state index contributed by atoms with van der Waals surface area (Å²) in [6.07, 6.45) is 3.31. The Morgan fingerprint density at radius 3 is 2.42 bits per heavy atom. The van der Waals surface area contributed by atoms with Gasteiger partial charge >= 0.3 is 0 Å². The van der Waals surface area contributed by atoms with Gasteiger partial charge in [-0.15, -0.1) is 12.4 Å². The highest BCUT2D eigenvalue weighted by Crippen LogP contribution is 2.21. The maximum absolute atomic E-state index is 11.8.